The number of carbonyl (C=O) groups excluding carboxylic acids is 1. The number of hydrogen-bond acceptors (Lipinski definition) is 3. The average Bonchev–Trinajstić information content (AvgIpc) is 3.61. The second kappa shape index (κ2) is 8.90. The Kier molecular flexibility index (Phi) is 6.17. The van der Waals surface area contributed by atoms with Crippen LogP contribution in [-0.2, 0) is 10.7 Å². The molecule has 0 radical (unpaired) electrons. The number of nitrogens with one attached hydrogen (secondary N) is 1. The van der Waals surface area contributed by atoms with E-state index < -0.39 is 11.9 Å². The Bertz CT molecular complexity index is 1200. The van der Waals surface area contributed by atoms with Crippen molar-refractivity contribution in [1.29, 1.82) is 0 Å². The molecule has 2 atom stereocenters. The number of aromatic carboxylic acids is 1. The van der Waals surface area contributed by atoms with E-state index >= 15 is 0 Å². The van der Waals surface area contributed by atoms with Crippen LogP contribution in [0.4, 0.5) is 14.5 Å². The zero-order valence-electron chi connectivity index (χ0n) is 17.7. The number of hydrogen-bond donors (Lipinski definition) is 2. The van der Waals surface area contributed by atoms with Crippen LogP contribution >= 0.6 is 11.6 Å². The summed E-state index contributed by atoms with van der Waals surface area (Å²) < 4.78 is 27.6. The maximum Gasteiger partial charge on any atom is 0.336 e. The summed E-state index contributed by atoms with van der Waals surface area (Å²) in [7, 11) is 0. The minimum absolute atomic E-state index is 0.0605. The van der Waals surface area contributed by atoms with Crippen LogP contribution in [0.3, 0.4) is 0 Å². The first-order valence-corrected chi connectivity index (χ1v) is 10.9. The summed E-state index contributed by atoms with van der Waals surface area (Å²) in [4.78, 5) is 28.3. The molecule has 3 aromatic rings. The second-order valence-corrected chi connectivity index (χ2v) is 8.48. The lowest BCUT2D eigenvalue weighted by Crippen LogP contribution is -2.15. The lowest BCUT2D eigenvalue weighted by molar-refractivity contribution is -0.117. The molecule has 0 aliphatic heterocycles. The van der Waals surface area contributed by atoms with Crippen molar-refractivity contribution >= 4 is 29.2 Å². The fourth-order valence-corrected chi connectivity index (χ4v) is 3.93. The van der Waals surface area contributed by atoms with Crippen molar-refractivity contribution in [2.24, 2.45) is 5.92 Å². The molecule has 33 heavy (non-hydrogen) atoms. The van der Waals surface area contributed by atoms with Crippen molar-refractivity contribution in [3.63, 3.8) is 0 Å². The van der Waals surface area contributed by atoms with Crippen LogP contribution in [0.5, 0.6) is 0 Å². The molecule has 8 heteroatoms. The van der Waals surface area contributed by atoms with Gasteiger partial charge in [0.1, 0.15) is 5.69 Å². The van der Waals surface area contributed by atoms with Crippen molar-refractivity contribution in [3.8, 4) is 11.1 Å². The number of anilines is 1. The quantitative estimate of drug-likeness (QED) is 0.422. The number of halogens is 3. The van der Waals surface area contributed by atoms with Gasteiger partial charge in [-0.2, -0.15) is 8.78 Å². The highest BCUT2D eigenvalue weighted by molar-refractivity contribution is 6.30. The van der Waals surface area contributed by atoms with E-state index in [2.05, 4.69) is 10.3 Å². The van der Waals surface area contributed by atoms with Crippen LogP contribution in [0, 0.1) is 5.92 Å². The number of carboxylic acids is 1. The fraction of sp³-hybridized carbons (Fsp3) is 0.240. The molecule has 0 bridgehead atoms. The van der Waals surface area contributed by atoms with Crippen molar-refractivity contribution < 1.29 is 23.5 Å². The number of aromatic nitrogens is 1. The van der Waals surface area contributed by atoms with Crippen LogP contribution in [0.2, 0.25) is 5.02 Å². The molecule has 1 heterocycles. The summed E-state index contributed by atoms with van der Waals surface area (Å²) >= 11 is 5.91. The summed E-state index contributed by atoms with van der Waals surface area (Å²) in [6, 6.07) is 14.5. The van der Waals surface area contributed by atoms with Gasteiger partial charge in [0.05, 0.1) is 5.56 Å². The summed E-state index contributed by atoms with van der Waals surface area (Å²) in [5.74, 6) is -4.53. The van der Waals surface area contributed by atoms with Gasteiger partial charge in [-0.05, 0) is 53.8 Å². The van der Waals surface area contributed by atoms with Gasteiger partial charge in [0.2, 0.25) is 5.91 Å². The van der Waals surface area contributed by atoms with E-state index in [1.165, 1.54) is 37.4 Å². The zero-order valence-corrected chi connectivity index (χ0v) is 18.4. The first kappa shape index (κ1) is 22.9. The topological polar surface area (TPSA) is 79.3 Å². The molecule has 5 nitrogen and oxygen atoms in total. The molecule has 1 aromatic heterocycles. The Morgan fingerprint density at radius 3 is 2.48 bits per heavy atom. The van der Waals surface area contributed by atoms with Gasteiger partial charge < -0.3 is 10.4 Å². The van der Waals surface area contributed by atoms with Crippen LogP contribution in [0.15, 0.2) is 60.8 Å². The minimum atomic E-state index is -3.05. The standard InChI is InChI=1S/C25H21ClF2N2O3/c1-2-25(27,28)22-10-5-15(13-29-22)18-9-8-17(11-21(18)24(32)33)30-23(31)20-12-19(20)14-3-6-16(26)7-4-14/h3-11,13,19-20H,2,12H2,1H3,(H,30,31)(H,32,33)/t19-,20+/m0/s1. The smallest absolute Gasteiger partial charge is 0.336 e. The number of benzene rings is 2. The Morgan fingerprint density at radius 2 is 1.88 bits per heavy atom. The predicted molar refractivity (Wildman–Crippen MR) is 122 cm³/mol. The highest BCUT2D eigenvalue weighted by atomic mass is 35.5. The molecule has 1 saturated carbocycles. The molecular formula is C25H21ClF2N2O3. The molecule has 0 unspecified atom stereocenters. The van der Waals surface area contributed by atoms with Crippen LogP contribution in [0.1, 0.15) is 47.3 Å². The van der Waals surface area contributed by atoms with Crippen LogP contribution < -0.4 is 5.32 Å². The third kappa shape index (κ3) is 4.88. The predicted octanol–water partition coefficient (Wildman–Crippen LogP) is 6.34. The number of carbonyl (C=O) groups is 2. The summed E-state index contributed by atoms with van der Waals surface area (Å²) in [5, 5.41) is 13.1. The van der Waals surface area contributed by atoms with Crippen molar-refractivity contribution in [2.45, 2.75) is 31.6 Å². The van der Waals surface area contributed by atoms with Gasteiger partial charge in [0.15, 0.2) is 0 Å². The minimum Gasteiger partial charge on any atom is -0.478 e. The fourth-order valence-electron chi connectivity index (χ4n) is 3.80. The normalized spacial score (nSPS) is 17.5. The Balaban J connectivity index is 1.51. The van der Waals surface area contributed by atoms with Gasteiger partial charge in [-0.3, -0.25) is 9.78 Å². The van der Waals surface area contributed by atoms with Gasteiger partial charge in [0.25, 0.3) is 5.92 Å². The number of rotatable bonds is 7. The number of nitrogens with zero attached hydrogens (tertiary/aromatic N) is 1. The van der Waals surface area contributed by atoms with E-state index in [9.17, 15) is 23.5 Å². The van der Waals surface area contributed by atoms with Crippen molar-refractivity contribution in [3.05, 3.63) is 82.6 Å². The van der Waals surface area contributed by atoms with Crippen molar-refractivity contribution in [2.75, 3.05) is 5.32 Å². The maximum absolute atomic E-state index is 13.8. The van der Waals surface area contributed by atoms with Gasteiger partial charge in [0, 0.05) is 34.8 Å². The van der Waals surface area contributed by atoms with E-state index in [1.807, 2.05) is 12.1 Å². The lowest BCUT2D eigenvalue weighted by Gasteiger charge is -2.14. The summed E-state index contributed by atoms with van der Waals surface area (Å²) in [6.45, 7) is 1.37. The Hall–Kier alpha value is -3.32. The third-order valence-corrected chi connectivity index (χ3v) is 6.09. The van der Waals surface area contributed by atoms with Crippen LogP contribution in [-0.4, -0.2) is 22.0 Å². The van der Waals surface area contributed by atoms with E-state index in [1.54, 1.807) is 18.2 Å². The van der Waals surface area contributed by atoms with E-state index in [-0.39, 0.29) is 35.4 Å². The van der Waals surface area contributed by atoms with Gasteiger partial charge in [-0.15, -0.1) is 0 Å². The molecule has 0 saturated heterocycles. The molecular weight excluding hydrogens is 450 g/mol. The Morgan fingerprint density at radius 1 is 1.15 bits per heavy atom. The highest BCUT2D eigenvalue weighted by Crippen LogP contribution is 2.48. The molecule has 2 N–H and O–H groups in total. The summed E-state index contributed by atoms with van der Waals surface area (Å²) in [6.07, 6.45) is 1.56. The van der Waals surface area contributed by atoms with Gasteiger partial charge >= 0.3 is 5.97 Å². The Labute approximate surface area is 194 Å². The third-order valence-electron chi connectivity index (χ3n) is 5.84. The monoisotopic (exact) mass is 470 g/mol. The highest BCUT2D eigenvalue weighted by Gasteiger charge is 2.44. The second-order valence-electron chi connectivity index (χ2n) is 8.05. The van der Waals surface area contributed by atoms with Crippen LogP contribution in [0.25, 0.3) is 11.1 Å². The van der Waals surface area contributed by atoms with E-state index in [4.69, 9.17) is 11.6 Å². The summed E-state index contributed by atoms with van der Waals surface area (Å²) in [5.41, 5.74) is 1.68. The molecule has 2 aromatic carbocycles. The largest absolute Gasteiger partial charge is 0.478 e. The van der Waals surface area contributed by atoms with Gasteiger partial charge in [-0.25, -0.2) is 4.79 Å². The molecule has 0 spiro atoms. The van der Waals surface area contributed by atoms with Gasteiger partial charge in [-0.1, -0.05) is 42.8 Å². The first-order chi connectivity index (χ1) is 15.7. The zero-order chi connectivity index (χ0) is 23.8. The average molecular weight is 471 g/mol. The molecule has 1 amide bonds. The molecule has 170 valence electrons. The lowest BCUT2D eigenvalue weighted by atomic mass is 9.99. The number of amides is 1. The molecule has 1 fully saturated rings. The maximum atomic E-state index is 13.8. The van der Waals surface area contributed by atoms with E-state index in [0.29, 0.717) is 28.3 Å². The number of carboxylic acid groups (broad SMARTS) is 1. The molecule has 1 aliphatic rings. The number of alkyl halides is 2. The van der Waals surface area contributed by atoms with E-state index in [0.717, 1.165) is 5.56 Å². The molecule has 4 rings (SSSR count). The van der Waals surface area contributed by atoms with Crippen molar-refractivity contribution in [1.82, 2.24) is 4.98 Å². The first-order valence-electron chi connectivity index (χ1n) is 10.5. The number of pyridine rings is 1. The molecule has 1 aliphatic carbocycles. The SMILES string of the molecule is CCC(F)(F)c1ccc(-c2ccc(NC(=O)[C@@H]3C[C@H]3c3ccc(Cl)cc3)cc2C(=O)O)cn1.